The van der Waals surface area contributed by atoms with Crippen LogP contribution in [0.15, 0.2) is 48.5 Å². The molecule has 0 radical (unpaired) electrons. The van der Waals surface area contributed by atoms with Gasteiger partial charge in [0.1, 0.15) is 18.3 Å². The minimum atomic E-state index is -0.380. The molecule has 0 unspecified atom stereocenters. The molecule has 2 aromatic carbocycles. The Morgan fingerprint density at radius 2 is 2.00 bits per heavy atom. The van der Waals surface area contributed by atoms with Crippen molar-refractivity contribution in [3.63, 3.8) is 0 Å². The zero-order valence-electron chi connectivity index (χ0n) is 15.8. The Morgan fingerprint density at radius 1 is 1.21 bits per heavy atom. The van der Waals surface area contributed by atoms with Gasteiger partial charge in [-0.05, 0) is 43.3 Å². The fraction of sp³-hybridized carbons (Fsp3) is 0.250. The summed E-state index contributed by atoms with van der Waals surface area (Å²) in [4.78, 5) is 15.8. The van der Waals surface area contributed by atoms with Crippen LogP contribution in [-0.4, -0.2) is 46.4 Å². The van der Waals surface area contributed by atoms with Crippen molar-refractivity contribution in [2.45, 2.75) is 6.92 Å². The van der Waals surface area contributed by atoms with Crippen molar-refractivity contribution in [3.05, 3.63) is 54.3 Å². The Kier molecular flexibility index (Phi) is 7.15. The van der Waals surface area contributed by atoms with Gasteiger partial charge in [-0.1, -0.05) is 12.1 Å². The summed E-state index contributed by atoms with van der Waals surface area (Å²) >= 11 is 5.51. The highest BCUT2D eigenvalue weighted by molar-refractivity contribution is 6.29. The number of amides is 1. The van der Waals surface area contributed by atoms with E-state index in [1.165, 1.54) is 12.1 Å². The van der Waals surface area contributed by atoms with Gasteiger partial charge in [-0.2, -0.15) is 4.98 Å². The van der Waals surface area contributed by atoms with Crippen molar-refractivity contribution < 1.29 is 18.7 Å². The van der Waals surface area contributed by atoms with Gasteiger partial charge in [0.25, 0.3) is 0 Å². The maximum absolute atomic E-state index is 13.7. The second kappa shape index (κ2) is 9.99. The largest absolute Gasteiger partial charge is 0.460 e. The van der Waals surface area contributed by atoms with Crippen molar-refractivity contribution in [1.82, 2.24) is 14.8 Å². The first-order valence-electron chi connectivity index (χ1n) is 9.00. The number of aromatic nitrogens is 3. The fourth-order valence-corrected chi connectivity index (χ4v) is 2.63. The number of halogens is 2. The van der Waals surface area contributed by atoms with Crippen molar-refractivity contribution in [3.8, 4) is 23.1 Å². The number of carbonyl (C=O) groups excluding carboxylic acids is 1. The monoisotopic (exact) mass is 418 g/mol. The van der Waals surface area contributed by atoms with E-state index < -0.39 is 0 Å². The van der Waals surface area contributed by atoms with Gasteiger partial charge in [0.05, 0.1) is 12.3 Å². The number of nitrogens with zero attached hydrogens (tertiary/aromatic N) is 3. The standard InChI is InChI=1S/C20H20ClFN4O3/c1-2-28-10-11-29-20-24-19(14-4-3-5-15(22)12-14)26(25-20)17-8-6-16(7-9-17)23-18(27)13-21/h3-9,12H,2,10-11,13H2,1H3,(H,23,27). The minimum absolute atomic E-state index is 0.128. The minimum Gasteiger partial charge on any atom is -0.460 e. The molecule has 152 valence electrons. The molecule has 9 heteroatoms. The normalized spacial score (nSPS) is 10.7. The van der Waals surface area contributed by atoms with Crippen LogP contribution in [0.1, 0.15) is 6.92 Å². The van der Waals surface area contributed by atoms with E-state index in [9.17, 15) is 9.18 Å². The highest BCUT2D eigenvalue weighted by atomic mass is 35.5. The molecule has 1 aromatic heterocycles. The number of alkyl halides is 1. The molecule has 29 heavy (non-hydrogen) atoms. The summed E-state index contributed by atoms with van der Waals surface area (Å²) in [6.07, 6.45) is 0. The lowest BCUT2D eigenvalue weighted by atomic mass is 10.2. The smallest absolute Gasteiger partial charge is 0.336 e. The van der Waals surface area contributed by atoms with E-state index in [2.05, 4.69) is 15.4 Å². The second-order valence-electron chi connectivity index (χ2n) is 5.91. The molecule has 7 nitrogen and oxygen atoms in total. The van der Waals surface area contributed by atoms with E-state index in [1.54, 1.807) is 41.1 Å². The molecule has 1 N–H and O–H groups in total. The van der Waals surface area contributed by atoms with Crippen LogP contribution in [0.25, 0.3) is 17.1 Å². The Bertz CT molecular complexity index is 963. The van der Waals surface area contributed by atoms with Crippen LogP contribution >= 0.6 is 11.6 Å². The first-order chi connectivity index (χ1) is 14.1. The number of nitrogens with one attached hydrogen (secondary N) is 1. The van der Waals surface area contributed by atoms with E-state index in [-0.39, 0.29) is 23.6 Å². The van der Waals surface area contributed by atoms with Crippen LogP contribution in [0.2, 0.25) is 0 Å². The maximum Gasteiger partial charge on any atom is 0.336 e. The predicted octanol–water partition coefficient (Wildman–Crippen LogP) is 3.67. The molecular formula is C20H20ClFN4O3. The van der Waals surface area contributed by atoms with Gasteiger partial charge >= 0.3 is 6.01 Å². The van der Waals surface area contributed by atoms with Gasteiger partial charge in [0.2, 0.25) is 5.91 Å². The number of ether oxygens (including phenoxy) is 2. The van der Waals surface area contributed by atoms with Crippen molar-refractivity contribution in [1.29, 1.82) is 0 Å². The van der Waals surface area contributed by atoms with E-state index >= 15 is 0 Å². The summed E-state index contributed by atoms with van der Waals surface area (Å²) in [5.74, 6) is -0.383. The zero-order chi connectivity index (χ0) is 20.6. The zero-order valence-corrected chi connectivity index (χ0v) is 16.5. The summed E-state index contributed by atoms with van der Waals surface area (Å²) in [6.45, 7) is 3.19. The molecule has 0 saturated carbocycles. The van der Waals surface area contributed by atoms with E-state index in [0.29, 0.717) is 42.6 Å². The number of benzene rings is 2. The molecule has 0 aliphatic carbocycles. The fourth-order valence-electron chi connectivity index (χ4n) is 2.57. The summed E-state index contributed by atoms with van der Waals surface area (Å²) in [7, 11) is 0. The number of hydrogen-bond acceptors (Lipinski definition) is 5. The molecule has 0 atom stereocenters. The highest BCUT2D eigenvalue weighted by Gasteiger charge is 2.15. The van der Waals surface area contributed by atoms with Gasteiger partial charge in [-0.15, -0.1) is 16.7 Å². The first kappa shape index (κ1) is 20.8. The molecule has 3 rings (SSSR count). The van der Waals surface area contributed by atoms with Gasteiger partial charge in [-0.3, -0.25) is 4.79 Å². The molecule has 0 bridgehead atoms. The van der Waals surface area contributed by atoms with Crippen molar-refractivity contribution >= 4 is 23.2 Å². The highest BCUT2D eigenvalue weighted by Crippen LogP contribution is 2.25. The maximum atomic E-state index is 13.7. The van der Waals surface area contributed by atoms with Crippen LogP contribution in [0.3, 0.4) is 0 Å². The van der Waals surface area contributed by atoms with Crippen LogP contribution in [-0.2, 0) is 9.53 Å². The van der Waals surface area contributed by atoms with E-state index in [1.807, 2.05) is 6.92 Å². The average molecular weight is 419 g/mol. The summed E-state index contributed by atoms with van der Waals surface area (Å²) in [5.41, 5.74) is 1.82. The SMILES string of the molecule is CCOCCOc1nc(-c2cccc(F)c2)n(-c2ccc(NC(=O)CCl)cc2)n1. The molecule has 1 heterocycles. The topological polar surface area (TPSA) is 78.3 Å². The number of hydrogen-bond donors (Lipinski definition) is 1. The lowest BCUT2D eigenvalue weighted by Crippen LogP contribution is -2.12. The Hall–Kier alpha value is -2.97. The van der Waals surface area contributed by atoms with Gasteiger partial charge < -0.3 is 14.8 Å². The molecule has 1 amide bonds. The van der Waals surface area contributed by atoms with Gasteiger partial charge in [-0.25, -0.2) is 9.07 Å². The molecule has 3 aromatic rings. The molecule has 0 spiro atoms. The van der Waals surface area contributed by atoms with Crippen LogP contribution in [0.5, 0.6) is 6.01 Å². The molecule has 0 aliphatic heterocycles. The number of carbonyl (C=O) groups is 1. The summed E-state index contributed by atoms with van der Waals surface area (Å²) in [6, 6.07) is 13.2. The van der Waals surface area contributed by atoms with Gasteiger partial charge in [0, 0.05) is 17.9 Å². The second-order valence-corrected chi connectivity index (χ2v) is 6.18. The van der Waals surface area contributed by atoms with Crippen LogP contribution in [0.4, 0.5) is 10.1 Å². The summed E-state index contributed by atoms with van der Waals surface area (Å²) in [5, 5.41) is 7.05. The third kappa shape index (κ3) is 5.52. The Labute approximate surface area is 172 Å². The molecule has 0 saturated heterocycles. The number of rotatable bonds is 9. The Morgan fingerprint density at radius 3 is 2.69 bits per heavy atom. The van der Waals surface area contributed by atoms with Crippen molar-refractivity contribution in [2.24, 2.45) is 0 Å². The number of anilines is 1. The summed E-state index contributed by atoms with van der Waals surface area (Å²) < 4.78 is 26.1. The van der Waals surface area contributed by atoms with E-state index in [4.69, 9.17) is 21.1 Å². The molecular weight excluding hydrogens is 399 g/mol. The molecule has 0 aliphatic rings. The third-order valence-electron chi connectivity index (χ3n) is 3.85. The van der Waals surface area contributed by atoms with Crippen LogP contribution < -0.4 is 10.1 Å². The van der Waals surface area contributed by atoms with Gasteiger partial charge in [0.15, 0.2) is 5.82 Å². The average Bonchev–Trinajstić information content (AvgIpc) is 3.16. The van der Waals surface area contributed by atoms with E-state index in [0.717, 1.165) is 0 Å². The third-order valence-corrected chi connectivity index (χ3v) is 4.09. The first-order valence-corrected chi connectivity index (χ1v) is 9.54. The lowest BCUT2D eigenvalue weighted by molar-refractivity contribution is -0.113. The van der Waals surface area contributed by atoms with Crippen LogP contribution in [0, 0.1) is 5.82 Å². The van der Waals surface area contributed by atoms with Crippen molar-refractivity contribution in [2.75, 3.05) is 31.0 Å². The lowest BCUT2D eigenvalue weighted by Gasteiger charge is -2.08. The predicted molar refractivity (Wildman–Crippen MR) is 108 cm³/mol. The Balaban J connectivity index is 1.91. The quantitative estimate of drug-likeness (QED) is 0.424. The molecule has 0 fully saturated rings.